The Kier molecular flexibility index (Phi) is 7.02. The molecule has 1 atom stereocenters. The predicted octanol–water partition coefficient (Wildman–Crippen LogP) is 4.54. The Balaban J connectivity index is 2.13. The average molecular weight is 488 g/mol. The number of aliphatic carboxylic acids is 1. The quantitative estimate of drug-likeness (QED) is 0.171. The second kappa shape index (κ2) is 10.1. The molecule has 0 saturated heterocycles. The Labute approximate surface area is 203 Å². The lowest BCUT2D eigenvalue weighted by molar-refractivity contribution is -0.148. The zero-order valence-corrected chi connectivity index (χ0v) is 19.7. The van der Waals surface area contributed by atoms with E-state index in [9.17, 15) is 19.5 Å². The third-order valence-electron chi connectivity index (χ3n) is 5.71. The van der Waals surface area contributed by atoms with E-state index in [2.05, 4.69) is 0 Å². The highest BCUT2D eigenvalue weighted by Gasteiger charge is 2.60. The van der Waals surface area contributed by atoms with Gasteiger partial charge in [0, 0.05) is 10.6 Å². The van der Waals surface area contributed by atoms with E-state index < -0.39 is 30.5 Å². The highest BCUT2D eigenvalue weighted by Crippen LogP contribution is 2.60. The van der Waals surface area contributed by atoms with Crippen molar-refractivity contribution in [3.63, 3.8) is 0 Å². The zero-order chi connectivity index (χ0) is 24.1. The van der Waals surface area contributed by atoms with Gasteiger partial charge < -0.3 is 5.11 Å². The van der Waals surface area contributed by atoms with E-state index in [1.54, 1.807) is 12.1 Å². The monoisotopic (exact) mass is 487 g/mol. The van der Waals surface area contributed by atoms with E-state index in [4.69, 9.17) is 11.6 Å². The topological polar surface area (TPSA) is 71.4 Å². The van der Waals surface area contributed by atoms with Crippen molar-refractivity contribution in [3.8, 4) is 0 Å². The van der Waals surface area contributed by atoms with Gasteiger partial charge in [0.25, 0.3) is 5.78 Å². The summed E-state index contributed by atoms with van der Waals surface area (Å²) in [7, 11) is -3.12. The van der Waals surface area contributed by atoms with Crippen LogP contribution in [0.15, 0.2) is 115 Å². The second-order valence-electron chi connectivity index (χ2n) is 7.67. The lowest BCUT2D eigenvalue weighted by Gasteiger charge is -2.32. The third kappa shape index (κ3) is 4.31. The summed E-state index contributed by atoms with van der Waals surface area (Å²) >= 11 is 6.02. The van der Waals surface area contributed by atoms with Crippen LogP contribution in [0, 0.1) is 0 Å². The number of carbonyl (C=O) groups is 3. The van der Waals surface area contributed by atoms with Crippen molar-refractivity contribution in [2.45, 2.75) is 5.66 Å². The number of hydrogen-bond acceptors (Lipinski definition) is 3. The summed E-state index contributed by atoms with van der Waals surface area (Å²) in [5.74, 6) is -3.32. The van der Waals surface area contributed by atoms with Crippen molar-refractivity contribution < 1.29 is 19.5 Å². The van der Waals surface area contributed by atoms with Gasteiger partial charge in [-0.2, -0.15) is 0 Å². The molecule has 34 heavy (non-hydrogen) atoms. The molecule has 4 nitrogen and oxygen atoms in total. The molecule has 4 aromatic carbocycles. The molecule has 4 aromatic rings. The zero-order valence-electron chi connectivity index (χ0n) is 18.0. The lowest BCUT2D eigenvalue weighted by Crippen LogP contribution is -2.48. The fraction of sp³-hybridized carbons (Fsp3) is 0.0357. The van der Waals surface area contributed by atoms with Crippen molar-refractivity contribution in [1.29, 1.82) is 0 Å². The maximum absolute atomic E-state index is 14.1. The van der Waals surface area contributed by atoms with E-state index in [1.807, 2.05) is 91.0 Å². The molecule has 0 aliphatic heterocycles. The van der Waals surface area contributed by atoms with Gasteiger partial charge in [-0.05, 0) is 60.7 Å². The summed E-state index contributed by atoms with van der Waals surface area (Å²) < 4.78 is 0. The molecule has 0 heterocycles. The molecular weight excluding hydrogens is 467 g/mol. The first-order valence-electron chi connectivity index (χ1n) is 10.6. The molecule has 168 valence electrons. The Morgan fingerprint density at radius 1 is 0.618 bits per heavy atom. The SMILES string of the molecule is O=C(O)C(=O)C(C(=O)c1ccc(Cl)cc1)[P+](c1ccccc1)(c1ccccc1)c1ccccc1. The molecule has 0 saturated carbocycles. The Morgan fingerprint density at radius 2 is 1.00 bits per heavy atom. The van der Waals surface area contributed by atoms with Gasteiger partial charge >= 0.3 is 5.97 Å². The highest BCUT2D eigenvalue weighted by molar-refractivity contribution is 7.97. The average Bonchev–Trinajstić information content (AvgIpc) is 2.88. The molecular formula is C28H21ClO4P+. The van der Waals surface area contributed by atoms with Crippen molar-refractivity contribution in [2.24, 2.45) is 0 Å². The molecule has 0 aliphatic rings. The number of carboxylic acid groups (broad SMARTS) is 1. The van der Waals surface area contributed by atoms with Crippen molar-refractivity contribution in [1.82, 2.24) is 0 Å². The number of carbonyl (C=O) groups excluding carboxylic acids is 2. The van der Waals surface area contributed by atoms with Gasteiger partial charge in [-0.15, -0.1) is 0 Å². The summed E-state index contributed by atoms with van der Waals surface area (Å²) in [5.41, 5.74) is -1.23. The van der Waals surface area contributed by atoms with Crippen LogP contribution in [0.2, 0.25) is 5.02 Å². The summed E-state index contributed by atoms with van der Waals surface area (Å²) in [6.07, 6.45) is 0. The molecule has 0 amide bonds. The van der Waals surface area contributed by atoms with E-state index in [-0.39, 0.29) is 5.56 Å². The number of Topliss-reactive ketones (excluding diaryl/α,β-unsaturated/α-hetero) is 2. The van der Waals surface area contributed by atoms with Crippen LogP contribution in [0.4, 0.5) is 0 Å². The van der Waals surface area contributed by atoms with Crippen LogP contribution < -0.4 is 15.9 Å². The van der Waals surface area contributed by atoms with E-state index in [1.165, 1.54) is 12.1 Å². The summed E-state index contributed by atoms with van der Waals surface area (Å²) in [5, 5.41) is 12.6. The van der Waals surface area contributed by atoms with Crippen LogP contribution in [-0.2, 0) is 9.59 Å². The normalized spacial score (nSPS) is 12.0. The minimum absolute atomic E-state index is 0.233. The second-order valence-corrected chi connectivity index (χ2v) is 11.6. The largest absolute Gasteiger partial charge is 0.475 e. The predicted molar refractivity (Wildman–Crippen MR) is 137 cm³/mol. The molecule has 0 aromatic heterocycles. The number of rotatable bonds is 8. The maximum Gasteiger partial charge on any atom is 0.377 e. The van der Waals surface area contributed by atoms with Gasteiger partial charge in [0.1, 0.15) is 23.2 Å². The minimum Gasteiger partial charge on any atom is -0.475 e. The molecule has 0 fully saturated rings. The lowest BCUT2D eigenvalue weighted by atomic mass is 10.1. The van der Waals surface area contributed by atoms with Crippen LogP contribution in [0.5, 0.6) is 0 Å². The van der Waals surface area contributed by atoms with Gasteiger partial charge in [-0.25, -0.2) is 4.79 Å². The van der Waals surface area contributed by atoms with Gasteiger partial charge in [0.2, 0.25) is 11.4 Å². The molecule has 0 aliphatic carbocycles. The number of halogens is 1. The highest BCUT2D eigenvalue weighted by atomic mass is 35.5. The van der Waals surface area contributed by atoms with Gasteiger partial charge in [0.15, 0.2) is 0 Å². The molecule has 4 rings (SSSR count). The maximum atomic E-state index is 14.1. The summed E-state index contributed by atoms with van der Waals surface area (Å²) in [6.45, 7) is 0. The summed E-state index contributed by atoms with van der Waals surface area (Å²) in [6, 6.07) is 34.0. The van der Waals surface area contributed by atoms with Crippen LogP contribution in [0.25, 0.3) is 0 Å². The standard InChI is InChI=1S/C28H20ClO4P/c29-21-18-16-20(17-19-21)25(30)27(26(31)28(32)33)34(22-10-4-1-5-11-22,23-12-6-2-7-13-23)24-14-8-3-9-15-24/h1-19,27H/p+1. The first kappa shape index (κ1) is 23.6. The van der Waals surface area contributed by atoms with E-state index in [0.717, 1.165) is 15.9 Å². The van der Waals surface area contributed by atoms with Gasteiger partial charge in [-0.3, -0.25) is 9.59 Å². The molecule has 1 N–H and O–H groups in total. The third-order valence-corrected chi connectivity index (χ3v) is 10.5. The Morgan fingerprint density at radius 3 is 1.35 bits per heavy atom. The van der Waals surface area contributed by atoms with Gasteiger partial charge in [-0.1, -0.05) is 66.2 Å². The van der Waals surface area contributed by atoms with Crippen LogP contribution in [0.1, 0.15) is 10.4 Å². The summed E-state index contributed by atoms with van der Waals surface area (Å²) in [4.78, 5) is 39.7. The smallest absolute Gasteiger partial charge is 0.377 e. The Bertz CT molecular complexity index is 1210. The van der Waals surface area contributed by atoms with Gasteiger partial charge in [0.05, 0.1) is 0 Å². The molecule has 0 bridgehead atoms. The van der Waals surface area contributed by atoms with Crippen LogP contribution in [0.3, 0.4) is 0 Å². The fourth-order valence-corrected chi connectivity index (χ4v) is 9.05. The van der Waals surface area contributed by atoms with E-state index in [0.29, 0.717) is 5.02 Å². The van der Waals surface area contributed by atoms with Crippen molar-refractivity contribution in [3.05, 3.63) is 126 Å². The van der Waals surface area contributed by atoms with Crippen molar-refractivity contribution >= 4 is 52.3 Å². The first-order valence-corrected chi connectivity index (χ1v) is 12.8. The molecule has 6 heteroatoms. The molecule has 0 spiro atoms. The number of ketones is 2. The van der Waals surface area contributed by atoms with E-state index >= 15 is 0 Å². The molecule has 1 unspecified atom stereocenters. The first-order chi connectivity index (χ1) is 16.5. The van der Waals surface area contributed by atoms with Crippen molar-refractivity contribution in [2.75, 3.05) is 0 Å². The number of hydrogen-bond donors (Lipinski definition) is 1. The Hall–Kier alpha value is -3.59. The molecule has 0 radical (unpaired) electrons. The number of benzene rings is 4. The van der Waals surface area contributed by atoms with Crippen LogP contribution in [-0.4, -0.2) is 28.3 Å². The fourth-order valence-electron chi connectivity index (χ4n) is 4.24. The minimum atomic E-state index is -3.12. The number of carboxylic acids is 1. The van der Waals surface area contributed by atoms with Crippen LogP contribution >= 0.6 is 18.9 Å².